The first-order chi connectivity index (χ1) is 29.4. The van der Waals surface area contributed by atoms with Crippen LogP contribution in [0.1, 0.15) is 206 Å². The summed E-state index contributed by atoms with van der Waals surface area (Å²) in [5, 5.41) is 40.2. The molecule has 1 saturated heterocycles. The smallest absolute Gasteiger partial charge is 0.306 e. The van der Waals surface area contributed by atoms with Crippen molar-refractivity contribution in [3.05, 3.63) is 48.6 Å². The second-order valence-electron chi connectivity index (χ2n) is 16.9. The number of hydrogen-bond donors (Lipinski definition) is 4. The van der Waals surface area contributed by atoms with Crippen LogP contribution >= 0.6 is 0 Å². The zero-order chi connectivity index (χ0) is 43.6. The second-order valence-corrected chi connectivity index (χ2v) is 16.9. The van der Waals surface area contributed by atoms with Gasteiger partial charge in [-0.15, -0.1) is 0 Å². The van der Waals surface area contributed by atoms with Gasteiger partial charge in [-0.25, -0.2) is 0 Å². The van der Waals surface area contributed by atoms with Gasteiger partial charge in [0.15, 0.2) is 6.29 Å². The van der Waals surface area contributed by atoms with E-state index < -0.39 is 43.4 Å². The molecule has 0 spiro atoms. The Morgan fingerprint density at radius 1 is 0.550 bits per heavy atom. The number of unbranched alkanes of at least 4 members (excludes halogenated alkanes) is 23. The molecule has 0 aromatic heterocycles. The molecule has 0 radical (unpaired) electrons. The highest BCUT2D eigenvalue weighted by atomic mass is 16.7. The van der Waals surface area contributed by atoms with Crippen molar-refractivity contribution >= 4 is 5.97 Å². The Morgan fingerprint density at radius 3 is 1.53 bits per heavy atom. The SMILES string of the molecule is CC/C=C\C/C=C\C/C=C\C/C=C\CCCCCCCOCC(COC1OC(CO)C(O)C(O)C1O)OC(=O)CCCCCCCCCCCCCCCCCCCCC. The molecule has 0 aromatic carbocycles. The predicted molar refractivity (Wildman–Crippen MR) is 247 cm³/mol. The van der Waals surface area contributed by atoms with E-state index in [1.54, 1.807) is 0 Å². The van der Waals surface area contributed by atoms with Gasteiger partial charge < -0.3 is 39.4 Å². The number of esters is 1. The van der Waals surface area contributed by atoms with Gasteiger partial charge >= 0.3 is 5.97 Å². The molecule has 0 aliphatic carbocycles. The first-order valence-electron chi connectivity index (χ1n) is 24.7. The van der Waals surface area contributed by atoms with Gasteiger partial charge in [0.25, 0.3) is 0 Å². The van der Waals surface area contributed by atoms with Crippen LogP contribution in [0, 0.1) is 0 Å². The van der Waals surface area contributed by atoms with Crippen LogP contribution in [-0.4, -0.2) is 89.6 Å². The molecule has 0 bridgehead atoms. The van der Waals surface area contributed by atoms with E-state index in [1.165, 1.54) is 116 Å². The molecule has 6 atom stereocenters. The molecule has 4 N–H and O–H groups in total. The van der Waals surface area contributed by atoms with E-state index in [1.807, 2.05) is 0 Å². The van der Waals surface area contributed by atoms with Crippen molar-refractivity contribution in [2.75, 3.05) is 26.4 Å². The maximum atomic E-state index is 12.8. The first kappa shape index (κ1) is 56.2. The summed E-state index contributed by atoms with van der Waals surface area (Å²) in [6.45, 7) is 4.43. The summed E-state index contributed by atoms with van der Waals surface area (Å²) in [5.74, 6) is -0.318. The molecule has 1 fully saturated rings. The van der Waals surface area contributed by atoms with Gasteiger partial charge in [0, 0.05) is 13.0 Å². The van der Waals surface area contributed by atoms with Gasteiger partial charge in [0.2, 0.25) is 0 Å². The van der Waals surface area contributed by atoms with Crippen LogP contribution < -0.4 is 0 Å². The van der Waals surface area contributed by atoms with Gasteiger partial charge in [-0.1, -0.05) is 197 Å². The number of aliphatic hydroxyl groups excluding tert-OH is 4. The first-order valence-corrected chi connectivity index (χ1v) is 24.7. The fraction of sp³-hybridized carbons (Fsp3) is 0.824. The maximum absolute atomic E-state index is 12.8. The van der Waals surface area contributed by atoms with E-state index in [0.717, 1.165) is 70.6 Å². The number of aliphatic hydroxyl groups is 4. The number of carbonyl (C=O) groups is 1. The van der Waals surface area contributed by atoms with Crippen molar-refractivity contribution in [2.45, 2.75) is 243 Å². The molecule has 350 valence electrons. The molecule has 0 amide bonds. The molecule has 0 aromatic rings. The molecule has 6 unspecified atom stereocenters. The molecule has 1 rings (SSSR count). The summed E-state index contributed by atoms with van der Waals surface area (Å²) in [6.07, 6.45) is 45.7. The summed E-state index contributed by atoms with van der Waals surface area (Å²) < 4.78 is 22.9. The summed E-state index contributed by atoms with van der Waals surface area (Å²) >= 11 is 0. The molecule has 1 aliphatic heterocycles. The monoisotopic (exact) mass is 849 g/mol. The van der Waals surface area contributed by atoms with Crippen LogP contribution in [0.15, 0.2) is 48.6 Å². The van der Waals surface area contributed by atoms with Crippen LogP contribution in [0.3, 0.4) is 0 Å². The maximum Gasteiger partial charge on any atom is 0.306 e. The minimum Gasteiger partial charge on any atom is -0.457 e. The van der Waals surface area contributed by atoms with E-state index in [9.17, 15) is 25.2 Å². The quantitative estimate of drug-likeness (QED) is 0.0269. The Kier molecular flexibility index (Phi) is 39.7. The summed E-state index contributed by atoms with van der Waals surface area (Å²) in [5.41, 5.74) is 0. The Morgan fingerprint density at radius 2 is 1.02 bits per heavy atom. The number of ether oxygens (including phenoxy) is 4. The highest BCUT2D eigenvalue weighted by molar-refractivity contribution is 5.69. The van der Waals surface area contributed by atoms with Crippen molar-refractivity contribution in [2.24, 2.45) is 0 Å². The Labute approximate surface area is 367 Å². The van der Waals surface area contributed by atoms with Crippen molar-refractivity contribution < 1.29 is 44.2 Å². The van der Waals surface area contributed by atoms with Crippen LogP contribution in [0.2, 0.25) is 0 Å². The van der Waals surface area contributed by atoms with Crippen molar-refractivity contribution in [3.8, 4) is 0 Å². The Hall–Kier alpha value is -1.85. The van der Waals surface area contributed by atoms with Gasteiger partial charge in [0.1, 0.15) is 30.5 Å². The lowest BCUT2D eigenvalue weighted by Crippen LogP contribution is -2.59. The van der Waals surface area contributed by atoms with Gasteiger partial charge in [-0.2, -0.15) is 0 Å². The lowest BCUT2D eigenvalue weighted by Gasteiger charge is -2.39. The summed E-state index contributed by atoms with van der Waals surface area (Å²) in [7, 11) is 0. The third-order valence-electron chi connectivity index (χ3n) is 11.3. The van der Waals surface area contributed by atoms with Crippen LogP contribution in [-0.2, 0) is 23.7 Å². The van der Waals surface area contributed by atoms with Crippen molar-refractivity contribution in [1.82, 2.24) is 0 Å². The van der Waals surface area contributed by atoms with Crippen LogP contribution in [0.4, 0.5) is 0 Å². The second kappa shape index (κ2) is 42.5. The molecule has 0 saturated carbocycles. The topological polar surface area (TPSA) is 135 Å². The van der Waals surface area contributed by atoms with E-state index in [0.29, 0.717) is 13.0 Å². The average Bonchev–Trinajstić information content (AvgIpc) is 3.25. The molecule has 1 aliphatic rings. The van der Waals surface area contributed by atoms with Crippen LogP contribution in [0.25, 0.3) is 0 Å². The third kappa shape index (κ3) is 32.8. The molecule has 9 nitrogen and oxygen atoms in total. The molecular formula is C51H92O9. The molecule has 1 heterocycles. The predicted octanol–water partition coefficient (Wildman–Crippen LogP) is 11.7. The van der Waals surface area contributed by atoms with Gasteiger partial charge in [0.05, 0.1) is 19.8 Å². The fourth-order valence-electron chi connectivity index (χ4n) is 7.43. The summed E-state index contributed by atoms with van der Waals surface area (Å²) in [4.78, 5) is 12.8. The fourth-order valence-corrected chi connectivity index (χ4v) is 7.43. The van der Waals surface area contributed by atoms with Crippen molar-refractivity contribution in [1.29, 1.82) is 0 Å². The average molecular weight is 849 g/mol. The van der Waals surface area contributed by atoms with Gasteiger partial charge in [-0.3, -0.25) is 4.79 Å². The molecular weight excluding hydrogens is 757 g/mol. The minimum absolute atomic E-state index is 0.120. The van der Waals surface area contributed by atoms with Gasteiger partial charge in [-0.05, 0) is 51.4 Å². The lowest BCUT2D eigenvalue weighted by atomic mass is 9.99. The highest BCUT2D eigenvalue weighted by Gasteiger charge is 2.44. The molecule has 60 heavy (non-hydrogen) atoms. The van der Waals surface area contributed by atoms with Crippen molar-refractivity contribution in [3.63, 3.8) is 0 Å². The van der Waals surface area contributed by atoms with E-state index in [4.69, 9.17) is 18.9 Å². The zero-order valence-electron chi connectivity index (χ0n) is 38.5. The number of carbonyl (C=O) groups excluding carboxylic acids is 1. The summed E-state index contributed by atoms with van der Waals surface area (Å²) in [6, 6.07) is 0. The van der Waals surface area contributed by atoms with E-state index >= 15 is 0 Å². The van der Waals surface area contributed by atoms with E-state index in [-0.39, 0.29) is 19.2 Å². The Bertz CT molecular complexity index is 1060. The normalized spacial score (nSPS) is 20.4. The number of hydrogen-bond acceptors (Lipinski definition) is 9. The molecule has 9 heteroatoms. The third-order valence-corrected chi connectivity index (χ3v) is 11.3. The minimum atomic E-state index is -1.54. The number of allylic oxidation sites excluding steroid dienone is 8. The highest BCUT2D eigenvalue weighted by Crippen LogP contribution is 2.23. The van der Waals surface area contributed by atoms with Crippen LogP contribution in [0.5, 0.6) is 0 Å². The zero-order valence-corrected chi connectivity index (χ0v) is 38.5. The standard InChI is InChI=1S/C51H92O9/c1-3-5-7-9-11-13-15-17-19-21-23-24-26-28-30-32-34-36-38-40-47(53)59-45(44-58-51-50(56)49(55)48(54)46(42-52)60-51)43-57-41-39-37-35-33-31-29-27-25-22-20-18-16-14-12-10-8-6-4-2/h6,8,12,14,18,20,25,27,45-46,48-52,54-56H,3-5,7,9-11,13,15-17,19,21-24,26,28-44H2,1-2H3/b8-6-,14-12-,20-18-,27-25-. The lowest BCUT2D eigenvalue weighted by molar-refractivity contribution is -0.305. The Balaban J connectivity index is 2.23. The van der Waals surface area contributed by atoms with E-state index in [2.05, 4.69) is 62.5 Å². The number of rotatable bonds is 42. The largest absolute Gasteiger partial charge is 0.457 e.